The summed E-state index contributed by atoms with van der Waals surface area (Å²) in [5, 5.41) is 2.85. The Labute approximate surface area is 99.9 Å². The van der Waals surface area contributed by atoms with Gasteiger partial charge in [0.1, 0.15) is 0 Å². The van der Waals surface area contributed by atoms with Gasteiger partial charge in [-0.25, -0.2) is 0 Å². The Hall–Kier alpha value is -1.55. The molecule has 1 aliphatic heterocycles. The van der Waals surface area contributed by atoms with E-state index in [4.69, 9.17) is 9.47 Å². The smallest absolute Gasteiger partial charge is 0.251 e. The monoisotopic (exact) mass is 233 g/mol. The van der Waals surface area contributed by atoms with Crippen molar-refractivity contribution in [3.63, 3.8) is 0 Å². The van der Waals surface area contributed by atoms with Crippen molar-refractivity contribution >= 4 is 5.78 Å². The van der Waals surface area contributed by atoms with Gasteiger partial charge in [0.2, 0.25) is 0 Å². The average molecular weight is 233 g/mol. The molecule has 17 heavy (non-hydrogen) atoms. The van der Waals surface area contributed by atoms with E-state index in [2.05, 4.69) is 5.32 Å². The molecule has 1 aromatic carbocycles. The topological polar surface area (TPSA) is 47.6 Å². The number of carbonyl (C=O) groups excluding carboxylic acids is 1. The molecular formula is C13H15NO3. The fourth-order valence-electron chi connectivity index (χ4n) is 2.20. The molecule has 1 heterocycles. The van der Waals surface area contributed by atoms with Crippen molar-refractivity contribution in [1.29, 1.82) is 0 Å². The number of carbonyl (C=O) groups is 1. The molecule has 3 rings (SSSR count). The molecule has 4 nitrogen and oxygen atoms in total. The van der Waals surface area contributed by atoms with Gasteiger partial charge >= 0.3 is 0 Å². The Bertz CT molecular complexity index is 466. The Morgan fingerprint density at radius 2 is 2.12 bits per heavy atom. The van der Waals surface area contributed by atoms with E-state index in [0.717, 1.165) is 25.0 Å². The number of Topliss-reactive ketones (excluding diaryl/α,β-unsaturated/α-hetero) is 1. The predicted molar refractivity (Wildman–Crippen MR) is 62.5 cm³/mol. The Morgan fingerprint density at radius 1 is 1.35 bits per heavy atom. The van der Waals surface area contributed by atoms with E-state index in [0.29, 0.717) is 17.9 Å². The first kappa shape index (κ1) is 10.6. The maximum atomic E-state index is 11.7. The molecule has 0 radical (unpaired) electrons. The minimum atomic E-state index is -0.424. The molecule has 0 unspecified atom stereocenters. The van der Waals surface area contributed by atoms with E-state index in [1.165, 1.54) is 0 Å². The van der Waals surface area contributed by atoms with Crippen LogP contribution in [0.3, 0.4) is 0 Å². The molecule has 1 N–H and O–H groups in total. The summed E-state index contributed by atoms with van der Waals surface area (Å²) in [6, 6.07) is 5.40. The molecule has 0 amide bonds. The molecule has 2 aliphatic rings. The molecule has 1 saturated carbocycles. The highest BCUT2D eigenvalue weighted by Crippen LogP contribution is 2.48. The molecule has 0 aromatic heterocycles. The van der Waals surface area contributed by atoms with Crippen molar-refractivity contribution in [2.45, 2.75) is 25.0 Å². The third-order valence-electron chi connectivity index (χ3n) is 3.31. The van der Waals surface area contributed by atoms with Crippen LogP contribution in [0.5, 0.6) is 11.5 Å². The summed E-state index contributed by atoms with van der Waals surface area (Å²) < 4.78 is 11.6. The Balaban J connectivity index is 1.84. The van der Waals surface area contributed by atoms with E-state index in [1.807, 2.05) is 6.07 Å². The second-order valence-electron chi connectivity index (χ2n) is 4.58. The summed E-state index contributed by atoms with van der Waals surface area (Å²) >= 11 is 0. The van der Waals surface area contributed by atoms with E-state index >= 15 is 0 Å². The summed E-state index contributed by atoms with van der Waals surface area (Å²) in [5.41, 5.74) is 0.665. The lowest BCUT2D eigenvalue weighted by Crippen LogP contribution is -2.45. The van der Waals surface area contributed by atoms with Gasteiger partial charge in [0.15, 0.2) is 17.3 Å². The van der Waals surface area contributed by atoms with E-state index < -0.39 is 5.79 Å². The third-order valence-corrected chi connectivity index (χ3v) is 3.31. The minimum Gasteiger partial charge on any atom is -0.448 e. The standard InChI is InChI=1S/C13H15NO3/c1-14-8-10(15)9-3-4-11-12(7-9)17-13(16-11)5-2-6-13/h3-4,7,14H,2,5-6,8H2,1H3. The number of benzene rings is 1. The highest BCUT2D eigenvalue weighted by molar-refractivity contribution is 5.98. The van der Waals surface area contributed by atoms with Crippen LogP contribution in [0.2, 0.25) is 0 Å². The SMILES string of the molecule is CNCC(=O)c1ccc2c(c1)OC1(CCC1)O2. The number of ketones is 1. The van der Waals surface area contributed by atoms with Crippen LogP contribution in [-0.2, 0) is 0 Å². The zero-order valence-electron chi connectivity index (χ0n) is 9.79. The number of hydrogen-bond acceptors (Lipinski definition) is 4. The molecule has 0 saturated heterocycles. The largest absolute Gasteiger partial charge is 0.448 e. The van der Waals surface area contributed by atoms with Crippen LogP contribution in [0, 0.1) is 0 Å². The van der Waals surface area contributed by atoms with Gasteiger partial charge in [-0.2, -0.15) is 0 Å². The van der Waals surface area contributed by atoms with E-state index in [-0.39, 0.29) is 5.78 Å². The molecule has 1 spiro atoms. The van der Waals surface area contributed by atoms with Crippen LogP contribution < -0.4 is 14.8 Å². The molecular weight excluding hydrogens is 218 g/mol. The zero-order chi connectivity index (χ0) is 11.9. The Kier molecular flexibility index (Phi) is 2.33. The van der Waals surface area contributed by atoms with Crippen LogP contribution >= 0.6 is 0 Å². The summed E-state index contributed by atoms with van der Waals surface area (Å²) in [5.74, 6) is 1.10. The number of rotatable bonds is 3. The van der Waals surface area contributed by atoms with Gasteiger partial charge in [-0.05, 0) is 31.7 Å². The van der Waals surface area contributed by atoms with Gasteiger partial charge in [0, 0.05) is 18.4 Å². The fraction of sp³-hybridized carbons (Fsp3) is 0.462. The maximum absolute atomic E-state index is 11.7. The van der Waals surface area contributed by atoms with Crippen molar-refractivity contribution in [2.75, 3.05) is 13.6 Å². The molecule has 4 heteroatoms. The molecule has 1 fully saturated rings. The van der Waals surface area contributed by atoms with Crippen LogP contribution in [0.1, 0.15) is 29.6 Å². The van der Waals surface area contributed by atoms with Crippen LogP contribution in [0.15, 0.2) is 18.2 Å². The number of fused-ring (bicyclic) bond motifs is 1. The van der Waals surface area contributed by atoms with Crippen LogP contribution in [0.25, 0.3) is 0 Å². The summed E-state index contributed by atoms with van der Waals surface area (Å²) in [6.07, 6.45) is 3.00. The van der Waals surface area contributed by atoms with E-state index in [9.17, 15) is 4.79 Å². The first-order valence-electron chi connectivity index (χ1n) is 5.92. The van der Waals surface area contributed by atoms with Gasteiger partial charge in [0.05, 0.1) is 6.54 Å². The lowest BCUT2D eigenvalue weighted by Gasteiger charge is -2.35. The highest BCUT2D eigenvalue weighted by atomic mass is 16.7. The quantitative estimate of drug-likeness (QED) is 0.808. The number of ether oxygens (including phenoxy) is 2. The molecule has 0 atom stereocenters. The van der Waals surface area contributed by atoms with Crippen molar-refractivity contribution in [3.05, 3.63) is 23.8 Å². The Morgan fingerprint density at radius 3 is 2.76 bits per heavy atom. The molecule has 90 valence electrons. The van der Waals surface area contributed by atoms with Crippen molar-refractivity contribution in [3.8, 4) is 11.5 Å². The highest BCUT2D eigenvalue weighted by Gasteiger charge is 2.47. The van der Waals surface area contributed by atoms with Crippen molar-refractivity contribution in [1.82, 2.24) is 5.32 Å². The lowest BCUT2D eigenvalue weighted by molar-refractivity contribution is -0.138. The predicted octanol–water partition coefficient (Wildman–Crippen LogP) is 1.74. The van der Waals surface area contributed by atoms with Crippen LogP contribution in [0.4, 0.5) is 0 Å². The van der Waals surface area contributed by atoms with Crippen molar-refractivity contribution < 1.29 is 14.3 Å². The average Bonchev–Trinajstić information content (AvgIpc) is 2.67. The third kappa shape index (κ3) is 1.69. The van der Waals surface area contributed by atoms with E-state index in [1.54, 1.807) is 19.2 Å². The van der Waals surface area contributed by atoms with Gasteiger partial charge in [-0.1, -0.05) is 0 Å². The number of nitrogens with one attached hydrogen (secondary N) is 1. The van der Waals surface area contributed by atoms with Gasteiger partial charge in [-0.15, -0.1) is 0 Å². The molecule has 1 aromatic rings. The number of likely N-dealkylation sites (N-methyl/N-ethyl adjacent to an activating group) is 1. The summed E-state index contributed by atoms with van der Waals surface area (Å²) in [6.45, 7) is 0.338. The molecule has 1 aliphatic carbocycles. The normalized spacial score (nSPS) is 19.1. The summed E-state index contributed by atoms with van der Waals surface area (Å²) in [4.78, 5) is 11.7. The van der Waals surface area contributed by atoms with Crippen molar-refractivity contribution in [2.24, 2.45) is 0 Å². The lowest BCUT2D eigenvalue weighted by atomic mass is 9.91. The fourth-order valence-corrected chi connectivity index (χ4v) is 2.20. The number of hydrogen-bond donors (Lipinski definition) is 1. The van der Waals surface area contributed by atoms with Gasteiger partial charge in [0.25, 0.3) is 5.79 Å². The summed E-state index contributed by atoms with van der Waals surface area (Å²) in [7, 11) is 1.76. The second-order valence-corrected chi connectivity index (χ2v) is 4.58. The van der Waals surface area contributed by atoms with Gasteiger partial charge < -0.3 is 14.8 Å². The first-order valence-corrected chi connectivity index (χ1v) is 5.92. The molecule has 0 bridgehead atoms. The van der Waals surface area contributed by atoms with Gasteiger partial charge in [-0.3, -0.25) is 4.79 Å². The zero-order valence-corrected chi connectivity index (χ0v) is 9.79. The van der Waals surface area contributed by atoms with Crippen LogP contribution in [-0.4, -0.2) is 25.2 Å². The maximum Gasteiger partial charge on any atom is 0.251 e. The minimum absolute atomic E-state index is 0.0634. The first-order chi connectivity index (χ1) is 8.22. The second kappa shape index (κ2) is 3.74.